The number of benzene rings is 3. The lowest BCUT2D eigenvalue weighted by Gasteiger charge is -2.27. The average Bonchev–Trinajstić information content (AvgIpc) is 3.03. The summed E-state index contributed by atoms with van der Waals surface area (Å²) >= 11 is 0. The Balaban J connectivity index is 1.44. The second-order valence-corrected chi connectivity index (χ2v) is 10.8. The Bertz CT molecular complexity index is 1420. The van der Waals surface area contributed by atoms with Gasteiger partial charge in [-0.15, -0.1) is 0 Å². The molecule has 0 heterocycles. The fourth-order valence-corrected chi connectivity index (χ4v) is 4.25. The summed E-state index contributed by atoms with van der Waals surface area (Å²) in [7, 11) is 0. The molecule has 0 spiro atoms. The normalized spacial score (nSPS) is 12.8. The van der Waals surface area contributed by atoms with Crippen LogP contribution < -0.4 is 9.47 Å². The number of carbonyl (C=O) groups is 2. The van der Waals surface area contributed by atoms with Crippen molar-refractivity contribution in [2.75, 3.05) is 19.8 Å². The van der Waals surface area contributed by atoms with Gasteiger partial charge in [-0.3, -0.25) is 0 Å². The number of carbonyl (C=O) groups excluding carboxylic acids is 2. The molecule has 0 radical (unpaired) electrons. The second kappa shape index (κ2) is 16.6. The molecular weight excluding hydrogens is 637 g/mol. The van der Waals surface area contributed by atoms with Crippen LogP contribution in [-0.4, -0.2) is 55.9 Å². The summed E-state index contributed by atoms with van der Waals surface area (Å²) in [5.74, 6) is -12.4. The number of halogens is 7. The largest absolute Gasteiger partial charge is 0.491 e. The van der Waals surface area contributed by atoms with E-state index in [1.165, 1.54) is 24.3 Å². The van der Waals surface area contributed by atoms with Crippen molar-refractivity contribution in [2.24, 2.45) is 0 Å². The third kappa shape index (κ3) is 10.7. The average molecular weight is 673 g/mol. The fraction of sp³-hybridized carbons (Fsp3) is 0.412. The molecule has 3 aromatic carbocycles. The van der Waals surface area contributed by atoms with Gasteiger partial charge in [-0.2, -0.15) is 30.7 Å². The molecule has 13 heteroatoms. The maximum Gasteiger partial charge on any atom is 0.459 e. The Morgan fingerprint density at radius 2 is 1.21 bits per heavy atom. The maximum absolute atomic E-state index is 13.2. The summed E-state index contributed by atoms with van der Waals surface area (Å²) in [5, 5.41) is 0. The molecule has 0 amide bonds. The number of esters is 2. The van der Waals surface area contributed by atoms with E-state index in [1.54, 1.807) is 48.5 Å². The first-order chi connectivity index (χ1) is 22.1. The topological polar surface area (TPSA) is 71.1 Å². The van der Waals surface area contributed by atoms with Crippen LogP contribution in [0.5, 0.6) is 11.5 Å². The van der Waals surface area contributed by atoms with E-state index in [9.17, 15) is 40.3 Å². The van der Waals surface area contributed by atoms with E-state index >= 15 is 0 Å². The summed E-state index contributed by atoms with van der Waals surface area (Å²) in [6, 6.07) is 19.0. The van der Waals surface area contributed by atoms with Gasteiger partial charge in [-0.05, 0) is 79.4 Å². The molecule has 6 nitrogen and oxygen atoms in total. The Hall–Kier alpha value is -4.13. The van der Waals surface area contributed by atoms with Crippen LogP contribution in [0.2, 0.25) is 0 Å². The third-order valence-corrected chi connectivity index (χ3v) is 6.98. The molecule has 0 saturated carbocycles. The van der Waals surface area contributed by atoms with Gasteiger partial charge in [-0.25, -0.2) is 9.59 Å². The Labute approximate surface area is 267 Å². The van der Waals surface area contributed by atoms with E-state index in [0.29, 0.717) is 5.56 Å². The molecule has 3 aromatic rings. The number of hydrogen-bond acceptors (Lipinski definition) is 6. The number of unbranched alkanes of at least 4 members (excludes halogenated alkanes) is 3. The van der Waals surface area contributed by atoms with E-state index in [1.807, 2.05) is 6.92 Å². The first kappa shape index (κ1) is 37.3. The van der Waals surface area contributed by atoms with Gasteiger partial charge in [0, 0.05) is 0 Å². The van der Waals surface area contributed by atoms with Gasteiger partial charge in [0.25, 0.3) is 0 Å². The lowest BCUT2D eigenvalue weighted by molar-refractivity contribution is -0.361. The summed E-state index contributed by atoms with van der Waals surface area (Å²) in [4.78, 5) is 25.0. The molecule has 0 aromatic heterocycles. The minimum atomic E-state index is -6.43. The van der Waals surface area contributed by atoms with Crippen LogP contribution >= 0.6 is 0 Å². The lowest BCUT2D eigenvalue weighted by Crippen LogP contribution is -2.54. The molecule has 3 rings (SSSR count). The molecule has 0 aliphatic carbocycles. The summed E-state index contributed by atoms with van der Waals surface area (Å²) in [6.45, 7) is 0.740. The molecule has 0 fully saturated rings. The van der Waals surface area contributed by atoms with Crippen molar-refractivity contribution in [3.8, 4) is 22.6 Å². The zero-order valence-electron chi connectivity index (χ0n) is 25.8. The number of hydrogen-bond donors (Lipinski definition) is 0. The molecule has 0 aliphatic rings. The van der Waals surface area contributed by atoms with Crippen LogP contribution in [0.25, 0.3) is 11.1 Å². The first-order valence-corrected chi connectivity index (χ1v) is 14.9. The predicted molar refractivity (Wildman–Crippen MR) is 159 cm³/mol. The van der Waals surface area contributed by atoms with Crippen molar-refractivity contribution in [1.82, 2.24) is 0 Å². The van der Waals surface area contributed by atoms with E-state index in [2.05, 4.69) is 11.7 Å². The van der Waals surface area contributed by atoms with Crippen molar-refractivity contribution in [1.29, 1.82) is 0 Å². The second-order valence-electron chi connectivity index (χ2n) is 10.8. The van der Waals surface area contributed by atoms with Gasteiger partial charge in [0.15, 0.2) is 0 Å². The molecule has 0 N–H and O–H groups in total. The molecule has 1 unspecified atom stereocenters. The van der Waals surface area contributed by atoms with Crippen LogP contribution in [0.4, 0.5) is 30.7 Å². The minimum Gasteiger partial charge on any atom is -0.491 e. The van der Waals surface area contributed by atoms with Crippen molar-refractivity contribution < 1.29 is 59.3 Å². The highest BCUT2D eigenvalue weighted by molar-refractivity contribution is 5.91. The number of ether oxygens (including phenoxy) is 4. The quantitative estimate of drug-likeness (QED) is 0.0616. The van der Waals surface area contributed by atoms with Crippen LogP contribution in [0.3, 0.4) is 0 Å². The Kier molecular flexibility index (Phi) is 13.2. The summed E-state index contributed by atoms with van der Waals surface area (Å²) in [5.41, 5.74) is 2.24. The SMILES string of the molecule is CCCCCCC(C)OC(=O)c1ccc(-c2ccc(OC(=O)c3ccc(OCCOCC(F)(F)C(F)(F)C(F)(F)F)cc3)cc2)cc1. The summed E-state index contributed by atoms with van der Waals surface area (Å²) in [6.07, 6.45) is -1.34. The molecular formula is C34H35F7O6. The van der Waals surface area contributed by atoms with Gasteiger partial charge in [0.1, 0.15) is 24.7 Å². The number of alkyl halides is 7. The highest BCUT2D eigenvalue weighted by atomic mass is 19.4. The molecule has 47 heavy (non-hydrogen) atoms. The zero-order chi connectivity index (χ0) is 34.7. The van der Waals surface area contributed by atoms with Gasteiger partial charge in [-0.1, -0.05) is 50.5 Å². The van der Waals surface area contributed by atoms with E-state index in [-0.39, 0.29) is 29.1 Å². The molecule has 256 valence electrons. The smallest absolute Gasteiger partial charge is 0.459 e. The summed E-state index contributed by atoms with van der Waals surface area (Å²) < 4.78 is 109. The van der Waals surface area contributed by atoms with E-state index in [4.69, 9.17) is 14.2 Å². The zero-order valence-corrected chi connectivity index (χ0v) is 25.8. The van der Waals surface area contributed by atoms with Crippen molar-refractivity contribution in [3.63, 3.8) is 0 Å². The van der Waals surface area contributed by atoms with Crippen molar-refractivity contribution >= 4 is 11.9 Å². The predicted octanol–water partition coefficient (Wildman–Crippen LogP) is 9.32. The van der Waals surface area contributed by atoms with Crippen LogP contribution in [0.1, 0.15) is 66.7 Å². The Morgan fingerprint density at radius 1 is 0.681 bits per heavy atom. The molecule has 1 atom stereocenters. The highest BCUT2D eigenvalue weighted by Crippen LogP contribution is 2.46. The molecule has 0 bridgehead atoms. The van der Waals surface area contributed by atoms with Gasteiger partial charge in [0.05, 0.1) is 23.8 Å². The first-order valence-electron chi connectivity index (χ1n) is 14.9. The molecule has 0 saturated heterocycles. The number of rotatable bonds is 17. The van der Waals surface area contributed by atoms with Crippen molar-refractivity contribution in [2.45, 2.75) is 70.1 Å². The van der Waals surface area contributed by atoms with Crippen LogP contribution in [0, 0.1) is 0 Å². The minimum absolute atomic E-state index is 0.143. The van der Waals surface area contributed by atoms with Crippen molar-refractivity contribution in [3.05, 3.63) is 83.9 Å². The maximum atomic E-state index is 13.2. The van der Waals surface area contributed by atoms with Gasteiger partial charge < -0.3 is 18.9 Å². The fourth-order valence-electron chi connectivity index (χ4n) is 4.25. The monoisotopic (exact) mass is 672 g/mol. The van der Waals surface area contributed by atoms with Crippen LogP contribution in [-0.2, 0) is 9.47 Å². The van der Waals surface area contributed by atoms with E-state index in [0.717, 1.165) is 43.2 Å². The van der Waals surface area contributed by atoms with Gasteiger partial charge in [0.2, 0.25) is 0 Å². The highest BCUT2D eigenvalue weighted by Gasteiger charge is 2.73. The standard InChI is InChI=1S/C34H35F7O6/c1-3-4-5-6-7-23(2)46-30(42)26-10-8-24(9-11-26)25-12-18-29(19-13-25)47-31(43)27-14-16-28(17-15-27)45-21-20-44-22-32(35,36)33(37,38)34(39,40)41/h8-19,23H,3-7,20-22H2,1-2H3. The van der Waals surface area contributed by atoms with Crippen LogP contribution in [0.15, 0.2) is 72.8 Å². The third-order valence-electron chi connectivity index (χ3n) is 6.98. The van der Waals surface area contributed by atoms with Gasteiger partial charge >= 0.3 is 30.0 Å². The Morgan fingerprint density at radius 3 is 1.79 bits per heavy atom. The lowest BCUT2D eigenvalue weighted by atomic mass is 10.0. The molecule has 0 aliphatic heterocycles. The van der Waals surface area contributed by atoms with E-state index < -0.39 is 43.8 Å².